The molecule has 5 heteroatoms. The van der Waals surface area contributed by atoms with Gasteiger partial charge in [-0.3, -0.25) is 0 Å². The van der Waals surface area contributed by atoms with E-state index in [1.165, 1.54) is 21.9 Å². The molecule has 0 fully saturated rings. The molecule has 246 valence electrons. The van der Waals surface area contributed by atoms with E-state index >= 15 is 0 Å². The third-order valence-corrected chi connectivity index (χ3v) is 10.0. The zero-order valence-corrected chi connectivity index (χ0v) is 30.1. The van der Waals surface area contributed by atoms with E-state index in [0.717, 1.165) is 61.2 Å². The van der Waals surface area contributed by atoms with Gasteiger partial charge in [-0.25, -0.2) is 9.97 Å². The highest BCUT2D eigenvalue weighted by Crippen LogP contribution is 2.42. The van der Waals surface area contributed by atoms with Gasteiger partial charge in [0.05, 0.1) is 44.7 Å². The second-order valence-electron chi connectivity index (χ2n) is 15.6. The summed E-state index contributed by atoms with van der Waals surface area (Å²) in [5, 5.41) is 15.7. The van der Waals surface area contributed by atoms with Gasteiger partial charge in [0, 0.05) is 32.8 Å². The van der Waals surface area contributed by atoms with Crippen LogP contribution in [0.15, 0.2) is 103 Å². The Morgan fingerprint density at radius 1 is 0.540 bits per heavy atom. The lowest BCUT2D eigenvalue weighted by atomic mass is 9.86. The van der Waals surface area contributed by atoms with Crippen molar-refractivity contribution < 1.29 is 0 Å². The van der Waals surface area contributed by atoms with Crippen molar-refractivity contribution >= 4 is 43.6 Å². The Labute approximate surface area is 293 Å². The molecule has 0 radical (unpaired) electrons. The molecular formula is C45H41N5. The Morgan fingerprint density at radius 2 is 1.04 bits per heavy atom. The van der Waals surface area contributed by atoms with Crippen LogP contribution in [0.1, 0.15) is 69.8 Å². The molecule has 0 saturated carbocycles. The molecule has 0 aliphatic carbocycles. The van der Waals surface area contributed by atoms with E-state index in [1.54, 1.807) is 0 Å². The number of aromatic nitrogens is 4. The van der Waals surface area contributed by atoms with Crippen molar-refractivity contribution in [2.75, 3.05) is 0 Å². The van der Waals surface area contributed by atoms with Crippen molar-refractivity contribution in [1.29, 1.82) is 5.26 Å². The molecule has 0 atom stereocenters. The lowest BCUT2D eigenvalue weighted by Crippen LogP contribution is -2.11. The fourth-order valence-electron chi connectivity index (χ4n) is 7.49. The summed E-state index contributed by atoms with van der Waals surface area (Å²) in [4.78, 5) is 9.66. The normalized spacial score (nSPS) is 12.4. The maximum absolute atomic E-state index is 11.0. The fraction of sp³-hybridized carbons (Fsp3) is 0.222. The molecule has 50 heavy (non-hydrogen) atoms. The zero-order chi connectivity index (χ0) is 35.1. The summed E-state index contributed by atoms with van der Waals surface area (Å²) >= 11 is 0. The van der Waals surface area contributed by atoms with Gasteiger partial charge in [0.25, 0.3) is 0 Å². The fourth-order valence-corrected chi connectivity index (χ4v) is 7.49. The Hall–Kier alpha value is -5.73. The number of hydrogen-bond acceptors (Lipinski definition) is 3. The Morgan fingerprint density at radius 3 is 1.54 bits per heavy atom. The average molecular weight is 652 g/mol. The second-order valence-corrected chi connectivity index (χ2v) is 15.6. The summed E-state index contributed by atoms with van der Waals surface area (Å²) in [7, 11) is 0. The number of nitriles is 1. The van der Waals surface area contributed by atoms with Crippen molar-refractivity contribution in [3.63, 3.8) is 0 Å². The van der Waals surface area contributed by atoms with E-state index in [4.69, 9.17) is 4.98 Å². The minimum absolute atomic E-state index is 0.0384. The van der Waals surface area contributed by atoms with Crippen LogP contribution in [0.5, 0.6) is 0 Å². The van der Waals surface area contributed by atoms with E-state index in [0.29, 0.717) is 11.4 Å². The van der Waals surface area contributed by atoms with Crippen molar-refractivity contribution in [2.24, 2.45) is 0 Å². The average Bonchev–Trinajstić information content (AvgIpc) is 3.58. The van der Waals surface area contributed by atoms with Crippen LogP contribution >= 0.6 is 0 Å². The van der Waals surface area contributed by atoms with Gasteiger partial charge in [0.2, 0.25) is 0 Å². The quantitative estimate of drug-likeness (QED) is 0.191. The lowest BCUT2D eigenvalue weighted by molar-refractivity contribution is 0.590. The summed E-state index contributed by atoms with van der Waals surface area (Å²) in [5.74, 6) is 0.709. The van der Waals surface area contributed by atoms with Crippen molar-refractivity contribution in [2.45, 2.75) is 66.2 Å². The molecule has 8 aromatic rings. The minimum Gasteiger partial charge on any atom is -0.309 e. The summed E-state index contributed by atoms with van der Waals surface area (Å²) in [6.45, 7) is 17.4. The Balaban J connectivity index is 1.54. The van der Waals surface area contributed by atoms with E-state index in [9.17, 15) is 5.26 Å². The first kappa shape index (κ1) is 31.5. The molecule has 0 N–H and O–H groups in total. The first-order valence-electron chi connectivity index (χ1n) is 17.3. The molecule has 0 spiro atoms. The monoisotopic (exact) mass is 651 g/mol. The van der Waals surface area contributed by atoms with Gasteiger partial charge in [-0.2, -0.15) is 5.26 Å². The van der Waals surface area contributed by atoms with Crippen LogP contribution in [0.3, 0.4) is 0 Å². The molecule has 5 aromatic carbocycles. The molecule has 5 nitrogen and oxygen atoms in total. The summed E-state index contributed by atoms with van der Waals surface area (Å²) in [6.07, 6.45) is 0. The topological polar surface area (TPSA) is 59.4 Å². The van der Waals surface area contributed by atoms with Crippen LogP contribution < -0.4 is 0 Å². The number of fused-ring (bicyclic) bond motifs is 6. The molecule has 0 aliphatic heterocycles. The predicted octanol–water partition coefficient (Wildman–Crippen LogP) is 11.4. The minimum atomic E-state index is -0.0407. The summed E-state index contributed by atoms with van der Waals surface area (Å²) in [6, 6.07) is 39.5. The molecule has 0 aliphatic rings. The predicted molar refractivity (Wildman–Crippen MR) is 208 cm³/mol. The van der Waals surface area contributed by atoms with Crippen LogP contribution in [0.4, 0.5) is 0 Å². The molecule has 3 heterocycles. The number of rotatable bonds is 3. The third kappa shape index (κ3) is 4.98. The zero-order valence-electron chi connectivity index (χ0n) is 30.1. The van der Waals surface area contributed by atoms with E-state index in [1.807, 2.05) is 13.8 Å². The van der Waals surface area contributed by atoms with Gasteiger partial charge in [0.1, 0.15) is 11.9 Å². The lowest BCUT2D eigenvalue weighted by Gasteiger charge is -2.21. The molecule has 0 bridgehead atoms. The first-order valence-corrected chi connectivity index (χ1v) is 17.3. The van der Waals surface area contributed by atoms with Crippen molar-refractivity contribution in [1.82, 2.24) is 19.1 Å². The third-order valence-electron chi connectivity index (χ3n) is 10.0. The van der Waals surface area contributed by atoms with Gasteiger partial charge in [-0.15, -0.1) is 0 Å². The smallest absolute Gasteiger partial charge is 0.126 e. The molecule has 0 unspecified atom stereocenters. The molecule has 0 amide bonds. The second kappa shape index (κ2) is 11.1. The standard InChI is InChI=1S/C45H41N5/c1-27-21-37(48-28(2)47-27)36-25-40(49-38-15-11-9-13-32(38)34-19-17-30(23-42(34)49)44(3,4)5)29(26-46)22-41(36)50-39-16-12-10-14-33(39)35-20-18-31(24-43(35)50)45(6,7)8/h9-25H,1-8H3. The van der Waals surface area contributed by atoms with Crippen LogP contribution in [0.2, 0.25) is 0 Å². The number of benzene rings is 5. The van der Waals surface area contributed by atoms with Crippen molar-refractivity contribution in [3.05, 3.63) is 131 Å². The SMILES string of the molecule is Cc1cc(-c2cc(-n3c4ccccc4c4ccc(C(C)(C)C)cc43)c(C#N)cc2-n2c3ccccc3c3ccc(C(C)(C)C)cc32)nc(C)n1. The van der Waals surface area contributed by atoms with Gasteiger partial charge >= 0.3 is 0 Å². The molecular weight excluding hydrogens is 611 g/mol. The van der Waals surface area contributed by atoms with Crippen LogP contribution in [-0.2, 0) is 10.8 Å². The highest BCUT2D eigenvalue weighted by atomic mass is 15.0. The number of para-hydroxylation sites is 2. The largest absolute Gasteiger partial charge is 0.309 e. The van der Waals surface area contributed by atoms with Gasteiger partial charge in [0.15, 0.2) is 0 Å². The van der Waals surface area contributed by atoms with E-state index in [-0.39, 0.29) is 10.8 Å². The Kier molecular flexibility index (Phi) is 7.03. The van der Waals surface area contributed by atoms with Crippen LogP contribution in [0.25, 0.3) is 66.2 Å². The van der Waals surface area contributed by atoms with Gasteiger partial charge < -0.3 is 9.13 Å². The summed E-state index contributed by atoms with van der Waals surface area (Å²) < 4.78 is 4.60. The van der Waals surface area contributed by atoms with Gasteiger partial charge in [-0.05, 0) is 78.3 Å². The molecule has 8 rings (SSSR count). The molecule has 3 aromatic heterocycles. The number of nitrogens with zero attached hydrogens (tertiary/aromatic N) is 5. The number of aryl methyl sites for hydroxylation is 2. The maximum Gasteiger partial charge on any atom is 0.126 e. The Bertz CT molecular complexity index is 2680. The van der Waals surface area contributed by atoms with E-state index in [2.05, 4.69) is 165 Å². The highest BCUT2D eigenvalue weighted by molar-refractivity contribution is 6.11. The van der Waals surface area contributed by atoms with Crippen LogP contribution in [-0.4, -0.2) is 19.1 Å². The molecule has 0 saturated heterocycles. The summed E-state index contributed by atoms with van der Waals surface area (Å²) in [5.41, 5.74) is 11.7. The highest BCUT2D eigenvalue weighted by Gasteiger charge is 2.24. The van der Waals surface area contributed by atoms with Crippen LogP contribution in [0, 0.1) is 25.2 Å². The maximum atomic E-state index is 11.0. The first-order chi connectivity index (χ1) is 23.8. The van der Waals surface area contributed by atoms with Gasteiger partial charge in [-0.1, -0.05) is 102 Å². The van der Waals surface area contributed by atoms with E-state index < -0.39 is 0 Å². The van der Waals surface area contributed by atoms with Crippen molar-refractivity contribution in [3.8, 4) is 28.7 Å². The number of hydrogen-bond donors (Lipinski definition) is 0.